The summed E-state index contributed by atoms with van der Waals surface area (Å²) in [4.78, 5) is 15.2. The molecule has 1 heterocycles. The molecular formula is C13H19NO3. The Kier molecular flexibility index (Phi) is 6.25. The van der Waals surface area contributed by atoms with Crippen molar-refractivity contribution >= 4 is 5.97 Å². The molecule has 0 radical (unpaired) electrons. The van der Waals surface area contributed by atoms with Gasteiger partial charge in [-0.25, -0.2) is 4.79 Å². The number of aromatic nitrogens is 1. The van der Waals surface area contributed by atoms with E-state index in [-0.39, 0.29) is 5.97 Å². The molecule has 0 bridgehead atoms. The molecule has 1 unspecified atom stereocenters. The van der Waals surface area contributed by atoms with Crippen LogP contribution in [0.25, 0.3) is 0 Å². The Bertz CT molecular complexity index is 327. The summed E-state index contributed by atoms with van der Waals surface area (Å²) in [5.41, 5.74) is 1.23. The van der Waals surface area contributed by atoms with E-state index in [1.807, 2.05) is 12.1 Å². The van der Waals surface area contributed by atoms with Gasteiger partial charge < -0.3 is 9.47 Å². The molecule has 0 aliphatic rings. The Labute approximate surface area is 102 Å². The van der Waals surface area contributed by atoms with Crippen LogP contribution in [0.4, 0.5) is 0 Å². The van der Waals surface area contributed by atoms with E-state index in [9.17, 15) is 4.79 Å². The van der Waals surface area contributed by atoms with E-state index in [1.54, 1.807) is 26.2 Å². The predicted octanol–water partition coefficient (Wildman–Crippen LogP) is 1.98. The molecule has 0 amide bonds. The van der Waals surface area contributed by atoms with Gasteiger partial charge in [-0.05, 0) is 44.4 Å². The second kappa shape index (κ2) is 7.79. The highest BCUT2D eigenvalue weighted by atomic mass is 16.6. The Balaban J connectivity index is 2.14. The van der Waals surface area contributed by atoms with Gasteiger partial charge in [0.1, 0.15) is 0 Å². The van der Waals surface area contributed by atoms with Crippen LogP contribution in [-0.2, 0) is 20.7 Å². The van der Waals surface area contributed by atoms with Crippen molar-refractivity contribution in [3.63, 3.8) is 0 Å². The van der Waals surface area contributed by atoms with Crippen molar-refractivity contribution in [2.75, 3.05) is 13.2 Å². The van der Waals surface area contributed by atoms with Gasteiger partial charge in [0.2, 0.25) is 0 Å². The number of esters is 1. The Morgan fingerprint density at radius 3 is 2.76 bits per heavy atom. The maximum Gasteiger partial charge on any atom is 0.334 e. The SMILES string of the molecule is CCOC(=O)C(C)OCCCc1ccncc1. The summed E-state index contributed by atoms with van der Waals surface area (Å²) in [6.45, 7) is 4.45. The van der Waals surface area contributed by atoms with Crippen LogP contribution in [0.5, 0.6) is 0 Å². The van der Waals surface area contributed by atoms with Gasteiger partial charge in [-0.1, -0.05) is 0 Å². The van der Waals surface area contributed by atoms with Gasteiger partial charge in [-0.3, -0.25) is 4.98 Å². The summed E-state index contributed by atoms with van der Waals surface area (Å²) in [6.07, 6.45) is 4.88. The van der Waals surface area contributed by atoms with Gasteiger partial charge in [-0.15, -0.1) is 0 Å². The van der Waals surface area contributed by atoms with Gasteiger partial charge in [0.05, 0.1) is 6.61 Å². The molecule has 0 fully saturated rings. The first kappa shape index (κ1) is 13.6. The van der Waals surface area contributed by atoms with Crippen molar-refractivity contribution < 1.29 is 14.3 Å². The van der Waals surface area contributed by atoms with Crippen molar-refractivity contribution in [2.45, 2.75) is 32.8 Å². The van der Waals surface area contributed by atoms with E-state index in [1.165, 1.54) is 5.56 Å². The average Bonchev–Trinajstić information content (AvgIpc) is 2.36. The predicted molar refractivity (Wildman–Crippen MR) is 64.6 cm³/mol. The van der Waals surface area contributed by atoms with Gasteiger partial charge in [0.15, 0.2) is 6.10 Å². The molecule has 4 heteroatoms. The Morgan fingerprint density at radius 1 is 1.41 bits per heavy atom. The average molecular weight is 237 g/mol. The van der Waals surface area contributed by atoms with Gasteiger partial charge in [-0.2, -0.15) is 0 Å². The highest BCUT2D eigenvalue weighted by Crippen LogP contribution is 2.02. The van der Waals surface area contributed by atoms with E-state index in [0.717, 1.165) is 12.8 Å². The highest BCUT2D eigenvalue weighted by Gasteiger charge is 2.13. The number of carbonyl (C=O) groups excluding carboxylic acids is 1. The van der Waals surface area contributed by atoms with Crippen molar-refractivity contribution in [1.82, 2.24) is 4.98 Å². The van der Waals surface area contributed by atoms with E-state index in [4.69, 9.17) is 9.47 Å². The van der Waals surface area contributed by atoms with Crippen LogP contribution in [0.3, 0.4) is 0 Å². The molecule has 0 aromatic carbocycles. The number of pyridine rings is 1. The number of nitrogens with zero attached hydrogens (tertiary/aromatic N) is 1. The molecule has 1 aromatic heterocycles. The van der Waals surface area contributed by atoms with Crippen LogP contribution in [0, 0.1) is 0 Å². The molecule has 0 N–H and O–H groups in total. The number of aryl methyl sites for hydroxylation is 1. The van der Waals surface area contributed by atoms with Crippen LogP contribution in [-0.4, -0.2) is 30.3 Å². The Hall–Kier alpha value is -1.42. The van der Waals surface area contributed by atoms with E-state index >= 15 is 0 Å². The lowest BCUT2D eigenvalue weighted by Crippen LogP contribution is -2.23. The first-order chi connectivity index (χ1) is 8.24. The molecule has 0 spiro atoms. The normalized spacial score (nSPS) is 12.1. The summed E-state index contributed by atoms with van der Waals surface area (Å²) in [5, 5.41) is 0. The van der Waals surface area contributed by atoms with Crippen LogP contribution < -0.4 is 0 Å². The lowest BCUT2D eigenvalue weighted by atomic mass is 10.1. The van der Waals surface area contributed by atoms with E-state index in [2.05, 4.69) is 4.98 Å². The number of hydrogen-bond acceptors (Lipinski definition) is 4. The summed E-state index contributed by atoms with van der Waals surface area (Å²) in [7, 11) is 0. The molecule has 1 rings (SSSR count). The first-order valence-electron chi connectivity index (χ1n) is 5.91. The fourth-order valence-corrected chi connectivity index (χ4v) is 1.41. The van der Waals surface area contributed by atoms with Gasteiger partial charge >= 0.3 is 5.97 Å². The van der Waals surface area contributed by atoms with Crippen LogP contribution in [0.15, 0.2) is 24.5 Å². The first-order valence-corrected chi connectivity index (χ1v) is 5.91. The quantitative estimate of drug-likeness (QED) is 0.537. The molecule has 0 saturated heterocycles. The van der Waals surface area contributed by atoms with E-state index in [0.29, 0.717) is 13.2 Å². The fourth-order valence-electron chi connectivity index (χ4n) is 1.41. The zero-order chi connectivity index (χ0) is 12.5. The second-order valence-electron chi connectivity index (χ2n) is 3.72. The number of rotatable bonds is 7. The molecule has 0 saturated carbocycles. The summed E-state index contributed by atoms with van der Waals surface area (Å²) in [5.74, 6) is -0.295. The highest BCUT2D eigenvalue weighted by molar-refractivity contribution is 5.74. The number of ether oxygens (including phenoxy) is 2. The third kappa shape index (κ3) is 5.45. The Morgan fingerprint density at radius 2 is 2.12 bits per heavy atom. The minimum atomic E-state index is -0.479. The maximum absolute atomic E-state index is 11.3. The molecule has 1 aromatic rings. The zero-order valence-electron chi connectivity index (χ0n) is 10.4. The van der Waals surface area contributed by atoms with Crippen molar-refractivity contribution in [1.29, 1.82) is 0 Å². The van der Waals surface area contributed by atoms with Crippen molar-refractivity contribution in [3.05, 3.63) is 30.1 Å². The molecule has 1 atom stereocenters. The molecule has 0 aliphatic carbocycles. The van der Waals surface area contributed by atoms with Crippen molar-refractivity contribution in [3.8, 4) is 0 Å². The molecule has 17 heavy (non-hydrogen) atoms. The van der Waals surface area contributed by atoms with Crippen LogP contribution in [0.1, 0.15) is 25.8 Å². The minimum Gasteiger partial charge on any atom is -0.464 e. The number of carbonyl (C=O) groups is 1. The summed E-state index contributed by atoms with van der Waals surface area (Å²) >= 11 is 0. The summed E-state index contributed by atoms with van der Waals surface area (Å²) < 4.78 is 10.2. The third-order valence-corrected chi connectivity index (χ3v) is 2.35. The van der Waals surface area contributed by atoms with E-state index < -0.39 is 6.10 Å². The van der Waals surface area contributed by atoms with Gasteiger partial charge in [0, 0.05) is 19.0 Å². The lowest BCUT2D eigenvalue weighted by molar-refractivity contribution is -0.155. The second-order valence-corrected chi connectivity index (χ2v) is 3.72. The monoisotopic (exact) mass is 237 g/mol. The summed E-state index contributed by atoms with van der Waals surface area (Å²) in [6, 6.07) is 3.96. The minimum absolute atomic E-state index is 0.295. The molecule has 4 nitrogen and oxygen atoms in total. The van der Waals surface area contributed by atoms with Gasteiger partial charge in [0.25, 0.3) is 0 Å². The van der Waals surface area contributed by atoms with Crippen molar-refractivity contribution in [2.24, 2.45) is 0 Å². The smallest absolute Gasteiger partial charge is 0.334 e. The van der Waals surface area contributed by atoms with Crippen LogP contribution in [0.2, 0.25) is 0 Å². The van der Waals surface area contributed by atoms with Crippen LogP contribution >= 0.6 is 0 Å². The lowest BCUT2D eigenvalue weighted by Gasteiger charge is -2.11. The standard InChI is InChI=1S/C13H19NO3/c1-3-16-13(15)11(2)17-10-4-5-12-6-8-14-9-7-12/h6-9,11H,3-5,10H2,1-2H3. The zero-order valence-corrected chi connectivity index (χ0v) is 10.4. The molecular weight excluding hydrogens is 218 g/mol. The largest absolute Gasteiger partial charge is 0.464 e. The number of hydrogen-bond donors (Lipinski definition) is 0. The fraction of sp³-hybridized carbons (Fsp3) is 0.538. The molecule has 94 valence electrons. The molecule has 0 aliphatic heterocycles. The third-order valence-electron chi connectivity index (χ3n) is 2.35. The maximum atomic E-state index is 11.3. The topological polar surface area (TPSA) is 48.4 Å².